The minimum absolute atomic E-state index is 0.0223. The molecule has 1 atom stereocenters. The first kappa shape index (κ1) is 28.4. The third-order valence-electron chi connectivity index (χ3n) is 7.55. The van der Waals surface area contributed by atoms with Gasteiger partial charge in [0.25, 0.3) is 0 Å². The Hall–Kier alpha value is -4.70. The fourth-order valence-electron chi connectivity index (χ4n) is 5.29. The van der Waals surface area contributed by atoms with Gasteiger partial charge in [0.05, 0.1) is 34.9 Å². The number of halogens is 3. The van der Waals surface area contributed by atoms with E-state index in [2.05, 4.69) is 9.97 Å². The van der Waals surface area contributed by atoms with E-state index in [1.807, 2.05) is 4.57 Å². The van der Waals surface area contributed by atoms with Crippen LogP contribution in [0.4, 0.5) is 13.2 Å². The zero-order valence-electron chi connectivity index (χ0n) is 23.3. The molecule has 0 spiro atoms. The van der Waals surface area contributed by atoms with Gasteiger partial charge in [0, 0.05) is 30.2 Å². The van der Waals surface area contributed by atoms with Gasteiger partial charge in [-0.25, -0.2) is 27.9 Å². The lowest BCUT2D eigenvalue weighted by Gasteiger charge is -2.15. The average Bonchev–Trinajstić information content (AvgIpc) is 3.62. The van der Waals surface area contributed by atoms with Crippen LogP contribution in [0.25, 0.3) is 22.3 Å². The number of rotatable bonds is 9. The molecule has 3 aromatic carbocycles. The number of hydrogen-bond donors (Lipinski definition) is 1. The Bertz CT molecular complexity index is 1830. The molecule has 1 N–H and O–H groups in total. The number of aromatic carboxylic acids is 1. The third-order valence-corrected chi connectivity index (χ3v) is 7.55. The van der Waals surface area contributed by atoms with Gasteiger partial charge in [-0.1, -0.05) is 18.2 Å². The molecule has 1 aliphatic heterocycles. The minimum atomic E-state index is -1.07. The van der Waals surface area contributed by atoms with Crippen LogP contribution in [0, 0.1) is 24.4 Å². The molecular weight excluding hydrogens is 559 g/mol. The van der Waals surface area contributed by atoms with E-state index in [-0.39, 0.29) is 47.4 Å². The van der Waals surface area contributed by atoms with Crippen molar-refractivity contribution in [2.75, 3.05) is 6.61 Å². The summed E-state index contributed by atoms with van der Waals surface area (Å²) in [5, 5.41) is 9.49. The van der Waals surface area contributed by atoms with Crippen molar-refractivity contribution in [3.63, 3.8) is 0 Å². The molecule has 6 rings (SSSR count). The maximum absolute atomic E-state index is 15.5. The second-order valence-corrected chi connectivity index (χ2v) is 10.6. The van der Waals surface area contributed by atoms with Crippen LogP contribution in [-0.2, 0) is 24.3 Å². The predicted molar refractivity (Wildman–Crippen MR) is 154 cm³/mol. The minimum Gasteiger partial charge on any atom is -0.478 e. The molecule has 3 heterocycles. The number of aryl methyl sites for hydroxylation is 1. The monoisotopic (exact) mass is 587 g/mol. The second kappa shape index (κ2) is 11.9. The van der Waals surface area contributed by atoms with Gasteiger partial charge in [0.2, 0.25) is 5.88 Å². The predicted octanol–water partition coefficient (Wildman–Crippen LogP) is 6.87. The Kier molecular flexibility index (Phi) is 7.86. The molecule has 0 aliphatic carbocycles. The zero-order chi connectivity index (χ0) is 30.1. The quantitative estimate of drug-likeness (QED) is 0.203. The summed E-state index contributed by atoms with van der Waals surface area (Å²) in [7, 11) is 0. The maximum Gasteiger partial charge on any atom is 0.335 e. The normalized spacial score (nSPS) is 14.8. The van der Waals surface area contributed by atoms with Gasteiger partial charge in [-0.15, -0.1) is 0 Å². The summed E-state index contributed by atoms with van der Waals surface area (Å²) < 4.78 is 58.4. The fraction of sp³-hybridized carbons (Fsp3) is 0.242. The number of carbonyl (C=O) groups is 1. The number of fused-ring (bicyclic) bond motifs is 1. The smallest absolute Gasteiger partial charge is 0.335 e. The van der Waals surface area contributed by atoms with Crippen LogP contribution in [0.2, 0.25) is 0 Å². The van der Waals surface area contributed by atoms with Crippen LogP contribution in [-0.4, -0.2) is 38.3 Å². The highest BCUT2D eigenvalue weighted by molar-refractivity contribution is 5.92. The van der Waals surface area contributed by atoms with Crippen LogP contribution in [0.1, 0.15) is 45.7 Å². The van der Waals surface area contributed by atoms with E-state index in [0.29, 0.717) is 35.6 Å². The van der Waals surface area contributed by atoms with Gasteiger partial charge in [-0.2, -0.15) is 0 Å². The SMILES string of the molecule is Cc1ccc(COc2cccc(-c3cc(F)c(Cc4nc5ccc(C(=O)O)cc5n4C[C@@H]4CCCO4)cc3F)n2)c(F)c1. The van der Waals surface area contributed by atoms with Gasteiger partial charge >= 0.3 is 5.97 Å². The highest BCUT2D eigenvalue weighted by Crippen LogP contribution is 2.29. The Morgan fingerprint density at radius 3 is 2.60 bits per heavy atom. The molecule has 0 unspecified atom stereocenters. The Labute approximate surface area is 245 Å². The fourth-order valence-corrected chi connectivity index (χ4v) is 5.29. The molecule has 5 aromatic rings. The van der Waals surface area contributed by atoms with Crippen molar-refractivity contribution in [3.05, 3.63) is 112 Å². The first-order valence-corrected chi connectivity index (χ1v) is 13.9. The molecule has 220 valence electrons. The molecule has 0 saturated carbocycles. The number of hydrogen-bond acceptors (Lipinski definition) is 5. The van der Waals surface area contributed by atoms with E-state index in [9.17, 15) is 14.3 Å². The standard InChI is InChI=1S/C33H28F3N3O4/c1-19-7-8-21(25(34)12-19)18-43-32-6-2-5-28(38-32)24-16-26(35)22(13-27(24)36)15-31-37-29-10-9-20(33(40)41)14-30(29)39(31)17-23-4-3-11-42-23/h2,5-10,12-14,16,23H,3-4,11,15,17-18H2,1H3,(H,40,41)/t23-/m0/s1. The maximum atomic E-state index is 15.5. The van der Waals surface area contributed by atoms with Crippen molar-refractivity contribution < 1.29 is 32.5 Å². The lowest BCUT2D eigenvalue weighted by atomic mass is 10.0. The Morgan fingerprint density at radius 2 is 1.84 bits per heavy atom. The summed E-state index contributed by atoms with van der Waals surface area (Å²) in [5.74, 6) is -2.18. The molecule has 1 aliphatic rings. The topological polar surface area (TPSA) is 86.5 Å². The highest BCUT2D eigenvalue weighted by Gasteiger charge is 2.22. The van der Waals surface area contributed by atoms with E-state index < -0.39 is 23.4 Å². The third kappa shape index (κ3) is 6.10. The van der Waals surface area contributed by atoms with Crippen LogP contribution in [0.15, 0.2) is 66.7 Å². The summed E-state index contributed by atoms with van der Waals surface area (Å²) in [5.41, 5.74) is 2.60. The molecule has 10 heteroatoms. The molecule has 1 saturated heterocycles. The van der Waals surface area contributed by atoms with Crippen LogP contribution >= 0.6 is 0 Å². The molecule has 43 heavy (non-hydrogen) atoms. The van der Waals surface area contributed by atoms with Crippen molar-refractivity contribution in [1.82, 2.24) is 14.5 Å². The summed E-state index contributed by atoms with van der Waals surface area (Å²) in [6.45, 7) is 2.77. The van der Waals surface area contributed by atoms with E-state index >= 15 is 8.78 Å². The molecule has 0 bridgehead atoms. The van der Waals surface area contributed by atoms with Crippen LogP contribution in [0.3, 0.4) is 0 Å². The van der Waals surface area contributed by atoms with Crippen LogP contribution < -0.4 is 4.74 Å². The molecule has 0 radical (unpaired) electrons. The summed E-state index contributed by atoms with van der Waals surface area (Å²) in [4.78, 5) is 20.6. The van der Waals surface area contributed by atoms with E-state index in [1.165, 1.54) is 24.3 Å². The van der Waals surface area contributed by atoms with E-state index in [4.69, 9.17) is 9.47 Å². The molecule has 1 fully saturated rings. The Morgan fingerprint density at radius 1 is 1.00 bits per heavy atom. The number of pyridine rings is 1. The molecule has 7 nitrogen and oxygen atoms in total. The number of aromatic nitrogens is 3. The molecule has 2 aromatic heterocycles. The van der Waals surface area contributed by atoms with Crippen LogP contribution in [0.5, 0.6) is 5.88 Å². The lowest BCUT2D eigenvalue weighted by Crippen LogP contribution is -2.17. The van der Waals surface area contributed by atoms with Crippen molar-refractivity contribution in [1.29, 1.82) is 0 Å². The van der Waals surface area contributed by atoms with Gasteiger partial charge in [-0.3, -0.25) is 0 Å². The first-order chi connectivity index (χ1) is 20.7. The zero-order valence-corrected chi connectivity index (χ0v) is 23.3. The largest absolute Gasteiger partial charge is 0.478 e. The summed E-state index contributed by atoms with van der Waals surface area (Å²) in [6, 6.07) is 16.4. The number of carboxylic acid groups (broad SMARTS) is 1. The van der Waals surface area contributed by atoms with Gasteiger partial charge in [0.1, 0.15) is 29.9 Å². The average molecular weight is 588 g/mol. The number of nitrogens with zero attached hydrogens (tertiary/aromatic N) is 3. The number of ether oxygens (including phenoxy) is 2. The van der Waals surface area contributed by atoms with Gasteiger partial charge in [0.15, 0.2) is 0 Å². The van der Waals surface area contributed by atoms with Crippen molar-refractivity contribution >= 4 is 17.0 Å². The number of imidazole rings is 1. The van der Waals surface area contributed by atoms with Gasteiger partial charge < -0.3 is 19.1 Å². The highest BCUT2D eigenvalue weighted by atomic mass is 19.1. The van der Waals surface area contributed by atoms with E-state index in [1.54, 1.807) is 37.3 Å². The molecular formula is C33H28F3N3O4. The molecule has 0 amide bonds. The van der Waals surface area contributed by atoms with Crippen molar-refractivity contribution in [2.45, 2.75) is 45.4 Å². The summed E-state index contributed by atoms with van der Waals surface area (Å²) >= 11 is 0. The Balaban J connectivity index is 1.27. The number of carboxylic acids is 1. The van der Waals surface area contributed by atoms with Crippen molar-refractivity contribution in [3.8, 4) is 17.1 Å². The van der Waals surface area contributed by atoms with Gasteiger partial charge in [-0.05, 0) is 73.4 Å². The van der Waals surface area contributed by atoms with Crippen molar-refractivity contribution in [2.24, 2.45) is 0 Å². The first-order valence-electron chi connectivity index (χ1n) is 13.9. The summed E-state index contributed by atoms with van der Waals surface area (Å²) in [6.07, 6.45) is 1.64. The lowest BCUT2D eigenvalue weighted by molar-refractivity contribution is 0.0697. The number of benzene rings is 3. The second-order valence-electron chi connectivity index (χ2n) is 10.6. The van der Waals surface area contributed by atoms with E-state index in [0.717, 1.165) is 30.5 Å².